The number of thiocarbonyl (C=S) groups is 1. The van der Waals surface area contributed by atoms with Crippen molar-refractivity contribution in [1.82, 2.24) is 5.32 Å². The van der Waals surface area contributed by atoms with Gasteiger partial charge in [-0.3, -0.25) is 10.1 Å². The van der Waals surface area contributed by atoms with E-state index < -0.39 is 0 Å². The molecule has 0 aliphatic rings. The van der Waals surface area contributed by atoms with Crippen LogP contribution in [0.2, 0.25) is 0 Å². The van der Waals surface area contributed by atoms with Crippen LogP contribution >= 0.6 is 28.1 Å². The number of aryl methyl sites for hydroxylation is 1. The summed E-state index contributed by atoms with van der Waals surface area (Å²) >= 11 is 8.86. The Morgan fingerprint density at radius 3 is 2.18 bits per heavy atom. The molecule has 5 nitrogen and oxygen atoms in total. The third-order valence-corrected chi connectivity index (χ3v) is 6.55. The maximum Gasteiger partial charge on any atom is 0.257 e. The summed E-state index contributed by atoms with van der Waals surface area (Å²) in [6.45, 7) is 1.15. The molecule has 7 heteroatoms. The highest BCUT2D eigenvalue weighted by atomic mass is 79.9. The van der Waals surface area contributed by atoms with E-state index in [-0.39, 0.29) is 11.0 Å². The van der Waals surface area contributed by atoms with Crippen molar-refractivity contribution in [3.63, 3.8) is 0 Å². The number of hydrogen-bond donors (Lipinski definition) is 2. The van der Waals surface area contributed by atoms with E-state index in [2.05, 4.69) is 50.8 Å². The van der Waals surface area contributed by atoms with Crippen molar-refractivity contribution in [2.45, 2.75) is 19.3 Å². The van der Waals surface area contributed by atoms with Gasteiger partial charge >= 0.3 is 0 Å². The standard InChI is InChI=1S/C31H29BrN2O3S/c32-28-21-25(16-17-29(28)37-20-18-24-11-5-2-6-12-24)30(35)34-31(38)33-26-14-7-15-27(22-26)36-19-8-13-23-9-3-1-4-10-23/h1-7,9-12,14-17,21-22H,8,13,18-20H2,(H2,33,34,35,38). The van der Waals surface area contributed by atoms with Gasteiger partial charge in [0.2, 0.25) is 0 Å². The van der Waals surface area contributed by atoms with Crippen molar-refractivity contribution in [3.8, 4) is 11.5 Å². The fourth-order valence-corrected chi connectivity index (χ4v) is 4.50. The van der Waals surface area contributed by atoms with E-state index in [1.165, 1.54) is 11.1 Å². The van der Waals surface area contributed by atoms with Gasteiger partial charge in [0.15, 0.2) is 5.11 Å². The highest BCUT2D eigenvalue weighted by Gasteiger charge is 2.11. The van der Waals surface area contributed by atoms with Gasteiger partial charge in [-0.1, -0.05) is 66.7 Å². The van der Waals surface area contributed by atoms with Crippen LogP contribution < -0.4 is 20.1 Å². The second kappa shape index (κ2) is 14.3. The monoisotopic (exact) mass is 588 g/mol. The number of amides is 1. The molecule has 0 spiro atoms. The van der Waals surface area contributed by atoms with Crippen LogP contribution in [-0.2, 0) is 12.8 Å². The first-order valence-corrected chi connectivity index (χ1v) is 13.6. The molecule has 0 aliphatic carbocycles. The minimum Gasteiger partial charge on any atom is -0.494 e. The normalized spacial score (nSPS) is 10.4. The summed E-state index contributed by atoms with van der Waals surface area (Å²) in [4.78, 5) is 12.7. The molecule has 0 bridgehead atoms. The summed E-state index contributed by atoms with van der Waals surface area (Å²) in [6.07, 6.45) is 2.68. The molecule has 0 saturated heterocycles. The van der Waals surface area contributed by atoms with Gasteiger partial charge in [-0.05, 0) is 82.4 Å². The first kappa shape index (κ1) is 27.4. The number of ether oxygens (including phenoxy) is 2. The van der Waals surface area contributed by atoms with Crippen LogP contribution in [0.3, 0.4) is 0 Å². The van der Waals surface area contributed by atoms with Crippen LogP contribution in [-0.4, -0.2) is 24.2 Å². The smallest absolute Gasteiger partial charge is 0.257 e. The maximum absolute atomic E-state index is 12.7. The van der Waals surface area contributed by atoms with Gasteiger partial charge in [0, 0.05) is 23.7 Å². The number of halogens is 1. The van der Waals surface area contributed by atoms with Crippen molar-refractivity contribution in [2.75, 3.05) is 18.5 Å². The third kappa shape index (κ3) is 8.71. The molecule has 4 aromatic carbocycles. The molecular weight excluding hydrogens is 560 g/mol. The second-order valence-electron chi connectivity index (χ2n) is 8.60. The highest BCUT2D eigenvalue weighted by Crippen LogP contribution is 2.26. The third-order valence-electron chi connectivity index (χ3n) is 5.73. The predicted molar refractivity (Wildman–Crippen MR) is 160 cm³/mol. The summed E-state index contributed by atoms with van der Waals surface area (Å²) in [5.41, 5.74) is 3.71. The molecule has 0 atom stereocenters. The Bertz CT molecular complexity index is 1350. The zero-order valence-corrected chi connectivity index (χ0v) is 23.3. The average Bonchev–Trinajstić information content (AvgIpc) is 2.93. The zero-order chi connectivity index (χ0) is 26.6. The highest BCUT2D eigenvalue weighted by molar-refractivity contribution is 9.10. The lowest BCUT2D eigenvalue weighted by Gasteiger charge is -2.13. The van der Waals surface area contributed by atoms with E-state index in [0.717, 1.165) is 30.7 Å². The van der Waals surface area contributed by atoms with Gasteiger partial charge in [-0.25, -0.2) is 0 Å². The van der Waals surface area contributed by atoms with E-state index in [1.54, 1.807) is 18.2 Å². The van der Waals surface area contributed by atoms with Crippen molar-refractivity contribution in [1.29, 1.82) is 0 Å². The first-order chi connectivity index (χ1) is 18.6. The largest absolute Gasteiger partial charge is 0.494 e. The molecule has 38 heavy (non-hydrogen) atoms. The minimum atomic E-state index is -0.313. The predicted octanol–water partition coefficient (Wildman–Crippen LogP) is 7.21. The molecule has 0 aromatic heterocycles. The molecule has 1 amide bonds. The van der Waals surface area contributed by atoms with Crippen molar-refractivity contribution < 1.29 is 14.3 Å². The Morgan fingerprint density at radius 1 is 0.763 bits per heavy atom. The topological polar surface area (TPSA) is 59.6 Å². The number of benzene rings is 4. The van der Waals surface area contributed by atoms with E-state index in [9.17, 15) is 4.79 Å². The maximum atomic E-state index is 12.7. The molecule has 194 valence electrons. The van der Waals surface area contributed by atoms with Crippen LogP contribution in [0.25, 0.3) is 0 Å². The summed E-state index contributed by atoms with van der Waals surface area (Å²) in [7, 11) is 0. The molecule has 0 fully saturated rings. The van der Waals surface area contributed by atoms with Crippen molar-refractivity contribution >= 4 is 44.9 Å². The fourth-order valence-electron chi connectivity index (χ4n) is 3.79. The number of nitrogens with one attached hydrogen (secondary N) is 2. The number of carbonyl (C=O) groups is 1. The first-order valence-electron chi connectivity index (χ1n) is 12.4. The molecule has 0 heterocycles. The lowest BCUT2D eigenvalue weighted by atomic mass is 10.1. The van der Waals surface area contributed by atoms with E-state index in [4.69, 9.17) is 21.7 Å². The Kier molecular flexibility index (Phi) is 10.3. The van der Waals surface area contributed by atoms with Crippen molar-refractivity contribution in [3.05, 3.63) is 124 Å². The van der Waals surface area contributed by atoms with Gasteiger partial charge in [0.1, 0.15) is 11.5 Å². The lowest BCUT2D eigenvalue weighted by Crippen LogP contribution is -2.34. The van der Waals surface area contributed by atoms with Crippen LogP contribution in [0.5, 0.6) is 11.5 Å². The molecule has 2 N–H and O–H groups in total. The summed E-state index contributed by atoms with van der Waals surface area (Å²) in [5.74, 6) is 1.11. The van der Waals surface area contributed by atoms with Crippen LogP contribution in [0.15, 0.2) is 108 Å². The summed E-state index contributed by atoms with van der Waals surface area (Å²) in [6, 6.07) is 33.2. The Hall–Kier alpha value is -3.68. The number of anilines is 1. The van der Waals surface area contributed by atoms with Crippen LogP contribution in [0.4, 0.5) is 5.69 Å². The number of hydrogen-bond acceptors (Lipinski definition) is 4. The fraction of sp³-hybridized carbons (Fsp3) is 0.161. The van der Waals surface area contributed by atoms with Gasteiger partial charge in [0.25, 0.3) is 5.91 Å². The summed E-state index contributed by atoms with van der Waals surface area (Å²) < 4.78 is 12.5. The number of rotatable bonds is 11. The molecular formula is C31H29BrN2O3S. The molecule has 0 unspecified atom stereocenters. The van der Waals surface area contributed by atoms with Gasteiger partial charge in [-0.15, -0.1) is 0 Å². The van der Waals surface area contributed by atoms with E-state index in [0.29, 0.717) is 29.0 Å². The van der Waals surface area contributed by atoms with Crippen LogP contribution in [0, 0.1) is 0 Å². The van der Waals surface area contributed by atoms with Gasteiger partial charge in [-0.2, -0.15) is 0 Å². The van der Waals surface area contributed by atoms with Crippen molar-refractivity contribution in [2.24, 2.45) is 0 Å². The van der Waals surface area contributed by atoms with E-state index >= 15 is 0 Å². The Balaban J connectivity index is 1.22. The molecule has 0 radical (unpaired) electrons. The zero-order valence-electron chi connectivity index (χ0n) is 20.9. The summed E-state index contributed by atoms with van der Waals surface area (Å²) in [5, 5.41) is 5.98. The van der Waals surface area contributed by atoms with E-state index in [1.807, 2.05) is 60.7 Å². The molecule has 0 aliphatic heterocycles. The average molecular weight is 590 g/mol. The SMILES string of the molecule is O=C(NC(=S)Nc1cccc(OCCCc2ccccc2)c1)c1ccc(OCCc2ccccc2)c(Br)c1. The quantitative estimate of drug-likeness (QED) is 0.143. The van der Waals surface area contributed by atoms with Gasteiger partial charge < -0.3 is 14.8 Å². The van der Waals surface area contributed by atoms with Gasteiger partial charge in [0.05, 0.1) is 17.7 Å². The second-order valence-corrected chi connectivity index (χ2v) is 9.87. The Labute approximate surface area is 237 Å². The molecule has 4 aromatic rings. The minimum absolute atomic E-state index is 0.204. The lowest BCUT2D eigenvalue weighted by molar-refractivity contribution is 0.0977. The van der Waals surface area contributed by atoms with Crippen LogP contribution in [0.1, 0.15) is 27.9 Å². The number of carbonyl (C=O) groups excluding carboxylic acids is 1. The molecule has 4 rings (SSSR count). The Morgan fingerprint density at radius 2 is 1.47 bits per heavy atom. The molecule has 0 saturated carbocycles.